The van der Waals surface area contributed by atoms with Crippen molar-refractivity contribution in [2.24, 2.45) is 0 Å². The van der Waals surface area contributed by atoms with Crippen LogP contribution in [0.5, 0.6) is 0 Å². The largest absolute Gasteiger partial charge is 0.360 e. The van der Waals surface area contributed by atoms with Crippen LogP contribution in [-0.4, -0.2) is 28.5 Å². The van der Waals surface area contributed by atoms with Crippen molar-refractivity contribution >= 4 is 52.2 Å². The zero-order valence-corrected chi connectivity index (χ0v) is 21.0. The predicted octanol–water partition coefficient (Wildman–Crippen LogP) is 5.38. The number of amides is 2. The van der Waals surface area contributed by atoms with Crippen LogP contribution in [0.3, 0.4) is 0 Å². The molecule has 2 aliphatic heterocycles. The van der Waals surface area contributed by atoms with Crippen LogP contribution in [-0.2, 0) is 9.59 Å². The summed E-state index contributed by atoms with van der Waals surface area (Å²) in [5.41, 5.74) is 4.72. The van der Waals surface area contributed by atoms with Crippen LogP contribution in [0.15, 0.2) is 48.0 Å². The number of thiocarbonyl (C=S) groups is 1. The van der Waals surface area contributed by atoms with Gasteiger partial charge in [-0.15, -0.1) is 0 Å². The molecule has 5 nitrogen and oxygen atoms in total. The maximum atomic E-state index is 14.4. The van der Waals surface area contributed by atoms with Gasteiger partial charge in [-0.3, -0.25) is 14.9 Å². The number of halogens is 1. The Kier molecular flexibility index (Phi) is 5.94. The summed E-state index contributed by atoms with van der Waals surface area (Å²) >= 11 is 5.19. The minimum atomic E-state index is -0.659. The molecule has 0 aliphatic carbocycles. The number of rotatable bonds is 3. The van der Waals surface area contributed by atoms with Crippen LogP contribution in [0, 0.1) is 12.7 Å². The molecule has 0 aromatic heterocycles. The van der Waals surface area contributed by atoms with Gasteiger partial charge in [0.25, 0.3) is 11.8 Å². The molecule has 2 aromatic carbocycles. The Morgan fingerprint density at radius 2 is 1.76 bits per heavy atom. The maximum absolute atomic E-state index is 14.4. The van der Waals surface area contributed by atoms with Crippen molar-refractivity contribution in [3.8, 4) is 0 Å². The molecule has 0 spiro atoms. The number of nitrogens with zero attached hydrogens (tertiary/aromatic N) is 2. The number of para-hydroxylation sites is 1. The number of benzene rings is 2. The lowest BCUT2D eigenvalue weighted by Gasteiger charge is -2.46. The molecule has 7 heteroatoms. The average Bonchev–Trinajstić information content (AvgIpc) is 2.72. The van der Waals surface area contributed by atoms with E-state index in [1.165, 1.54) is 18.2 Å². The quantitative estimate of drug-likeness (QED) is 0.367. The summed E-state index contributed by atoms with van der Waals surface area (Å²) in [5.74, 6) is -1.86. The van der Waals surface area contributed by atoms with Gasteiger partial charge in [0.05, 0.1) is 11.2 Å². The predicted molar refractivity (Wildman–Crippen MR) is 139 cm³/mol. The van der Waals surface area contributed by atoms with Crippen molar-refractivity contribution in [1.29, 1.82) is 0 Å². The Bertz CT molecular complexity index is 1290. The number of carbonyl (C=O) groups excluding carboxylic acids is 2. The number of nitrogens with one attached hydrogen (secondary N) is 1. The summed E-state index contributed by atoms with van der Waals surface area (Å²) < 4.78 is 14.4. The van der Waals surface area contributed by atoms with Gasteiger partial charge in [-0.25, -0.2) is 9.29 Å². The summed E-state index contributed by atoms with van der Waals surface area (Å²) in [6, 6.07) is 10.2. The number of carbonyl (C=O) groups is 2. The fraction of sp³-hybridized carbons (Fsp3) is 0.296. The molecule has 34 heavy (non-hydrogen) atoms. The summed E-state index contributed by atoms with van der Waals surface area (Å²) in [5, 5.41) is 2.38. The molecule has 176 valence electrons. The van der Waals surface area contributed by atoms with Gasteiger partial charge < -0.3 is 4.90 Å². The Labute approximate surface area is 204 Å². The molecule has 2 aliphatic rings. The van der Waals surface area contributed by atoms with Gasteiger partial charge in [0.15, 0.2) is 5.11 Å². The van der Waals surface area contributed by atoms with E-state index in [1.54, 1.807) is 12.1 Å². The Hall–Kier alpha value is -3.32. The number of hydrogen-bond donors (Lipinski definition) is 1. The first-order valence-corrected chi connectivity index (χ1v) is 11.6. The molecular weight excluding hydrogens is 449 g/mol. The van der Waals surface area contributed by atoms with Crippen molar-refractivity contribution < 1.29 is 14.0 Å². The molecule has 2 aromatic rings. The van der Waals surface area contributed by atoms with E-state index in [0.717, 1.165) is 32.9 Å². The van der Waals surface area contributed by atoms with E-state index in [9.17, 15) is 14.0 Å². The van der Waals surface area contributed by atoms with E-state index in [-0.39, 0.29) is 28.0 Å². The van der Waals surface area contributed by atoms with Crippen LogP contribution < -0.4 is 15.1 Å². The smallest absolute Gasteiger partial charge is 0.270 e. The van der Waals surface area contributed by atoms with Gasteiger partial charge in [0, 0.05) is 17.3 Å². The number of anilines is 2. The summed E-state index contributed by atoms with van der Waals surface area (Å²) in [7, 11) is 0. The lowest BCUT2D eigenvalue weighted by molar-refractivity contribution is -0.122. The maximum Gasteiger partial charge on any atom is 0.270 e. The molecule has 4 rings (SSSR count). The SMILES string of the molecule is CC1=CC(C)(C)N(C(C)C)c2cc(C)c(/C=C3\C(=O)NC(=S)N(c4ccccc4F)C3=O)cc21. The number of fused-ring (bicyclic) bond motifs is 1. The zero-order chi connectivity index (χ0) is 24.9. The molecular formula is C27H28FN3O2S. The number of hydrogen-bond acceptors (Lipinski definition) is 4. The van der Waals surface area contributed by atoms with Crippen LogP contribution >= 0.6 is 12.2 Å². The molecule has 0 atom stereocenters. The van der Waals surface area contributed by atoms with Gasteiger partial charge in [0.2, 0.25) is 0 Å². The highest BCUT2D eigenvalue weighted by Crippen LogP contribution is 2.42. The third-order valence-electron chi connectivity index (χ3n) is 6.27. The van der Waals surface area contributed by atoms with E-state index in [2.05, 4.69) is 57.0 Å². The summed E-state index contributed by atoms with van der Waals surface area (Å²) in [4.78, 5) is 29.5. The molecule has 1 N–H and O–H groups in total. The van der Waals surface area contributed by atoms with Crippen molar-refractivity contribution in [3.05, 3.63) is 70.6 Å². The van der Waals surface area contributed by atoms with Crippen molar-refractivity contribution in [1.82, 2.24) is 5.32 Å². The van der Waals surface area contributed by atoms with Crippen LogP contribution in [0.4, 0.5) is 15.8 Å². The third kappa shape index (κ3) is 3.94. The van der Waals surface area contributed by atoms with E-state index in [1.807, 2.05) is 13.0 Å². The third-order valence-corrected chi connectivity index (χ3v) is 6.56. The minimum Gasteiger partial charge on any atom is -0.360 e. The highest BCUT2D eigenvalue weighted by Gasteiger charge is 2.37. The second-order valence-corrected chi connectivity index (χ2v) is 9.97. The Morgan fingerprint density at radius 3 is 2.41 bits per heavy atom. The standard InChI is InChI=1S/C27H28FN3O2S/c1-15(2)31-23-11-16(3)18(12-19(23)17(4)14-27(31,5)6)13-20-24(32)29-26(34)30(25(20)33)22-10-8-7-9-21(22)28/h7-15H,1-6H3,(H,29,32,34)/b20-13+. The van der Waals surface area contributed by atoms with E-state index >= 15 is 0 Å². The normalized spacial score (nSPS) is 18.9. The molecule has 0 radical (unpaired) electrons. The minimum absolute atomic E-state index is 0.000790. The second kappa shape index (κ2) is 8.47. The highest BCUT2D eigenvalue weighted by atomic mass is 32.1. The van der Waals surface area contributed by atoms with Crippen LogP contribution in [0.1, 0.15) is 51.3 Å². The topological polar surface area (TPSA) is 52.7 Å². The first-order chi connectivity index (χ1) is 15.9. The van der Waals surface area contributed by atoms with Gasteiger partial charge in [-0.2, -0.15) is 0 Å². The lowest BCUT2D eigenvalue weighted by atomic mass is 9.85. The number of aryl methyl sites for hydroxylation is 1. The molecule has 2 heterocycles. The van der Waals surface area contributed by atoms with Crippen molar-refractivity contribution in [2.45, 2.75) is 53.1 Å². The first kappa shape index (κ1) is 23.8. The molecule has 1 saturated heterocycles. The van der Waals surface area contributed by atoms with Gasteiger partial charge in [-0.05, 0) is 101 Å². The Morgan fingerprint density at radius 1 is 1.09 bits per heavy atom. The van der Waals surface area contributed by atoms with E-state index in [4.69, 9.17) is 12.2 Å². The molecule has 0 unspecified atom stereocenters. The first-order valence-electron chi connectivity index (χ1n) is 11.2. The van der Waals surface area contributed by atoms with Crippen LogP contribution in [0.25, 0.3) is 11.6 Å². The Balaban J connectivity index is 1.82. The molecule has 0 saturated carbocycles. The lowest BCUT2D eigenvalue weighted by Crippen LogP contribution is -2.54. The molecule has 0 bridgehead atoms. The average molecular weight is 478 g/mol. The van der Waals surface area contributed by atoms with Crippen molar-refractivity contribution in [2.75, 3.05) is 9.80 Å². The van der Waals surface area contributed by atoms with Gasteiger partial charge >= 0.3 is 0 Å². The monoisotopic (exact) mass is 477 g/mol. The van der Waals surface area contributed by atoms with E-state index in [0.29, 0.717) is 0 Å². The fourth-order valence-electron chi connectivity index (χ4n) is 4.98. The molecule has 2 amide bonds. The highest BCUT2D eigenvalue weighted by molar-refractivity contribution is 7.80. The second-order valence-electron chi connectivity index (χ2n) is 9.58. The summed E-state index contributed by atoms with van der Waals surface area (Å²) in [6.07, 6.45) is 3.80. The number of allylic oxidation sites excluding steroid dienone is 1. The van der Waals surface area contributed by atoms with Crippen LogP contribution in [0.2, 0.25) is 0 Å². The van der Waals surface area contributed by atoms with E-state index < -0.39 is 17.6 Å². The fourth-order valence-corrected chi connectivity index (χ4v) is 5.25. The van der Waals surface area contributed by atoms with Gasteiger partial charge in [-0.1, -0.05) is 18.2 Å². The van der Waals surface area contributed by atoms with Gasteiger partial charge in [0.1, 0.15) is 11.4 Å². The zero-order valence-electron chi connectivity index (χ0n) is 20.2. The molecule has 1 fully saturated rings. The van der Waals surface area contributed by atoms with Crippen molar-refractivity contribution in [3.63, 3.8) is 0 Å². The summed E-state index contributed by atoms with van der Waals surface area (Å²) in [6.45, 7) is 12.7.